The highest BCUT2D eigenvalue weighted by atomic mass is 16.5. The maximum atomic E-state index is 13.2. The minimum atomic E-state index is -1.36. The van der Waals surface area contributed by atoms with E-state index in [-0.39, 0.29) is 24.2 Å². The van der Waals surface area contributed by atoms with Gasteiger partial charge in [-0.3, -0.25) is 14.9 Å². The fourth-order valence-electron chi connectivity index (χ4n) is 4.47. The molecule has 1 aliphatic rings. The normalized spacial score (nSPS) is 17.7. The predicted molar refractivity (Wildman–Crippen MR) is 127 cm³/mol. The van der Waals surface area contributed by atoms with Gasteiger partial charge in [-0.1, -0.05) is 24.3 Å². The minimum absolute atomic E-state index is 0.0411. The Morgan fingerprint density at radius 2 is 1.89 bits per heavy atom. The van der Waals surface area contributed by atoms with E-state index in [4.69, 9.17) is 9.84 Å². The lowest BCUT2D eigenvalue weighted by atomic mass is 9.89. The monoisotopic (exact) mass is 495 g/mol. The summed E-state index contributed by atoms with van der Waals surface area (Å²) in [5.74, 6) is -4.07. The highest BCUT2D eigenvalue weighted by Crippen LogP contribution is 2.36. The van der Waals surface area contributed by atoms with Crippen molar-refractivity contribution in [2.45, 2.75) is 37.4 Å². The van der Waals surface area contributed by atoms with Crippen molar-refractivity contribution in [1.29, 1.82) is 0 Å². The highest BCUT2D eigenvalue weighted by Gasteiger charge is 2.36. The van der Waals surface area contributed by atoms with Crippen molar-refractivity contribution >= 4 is 34.7 Å². The molecule has 3 aromatic rings. The lowest BCUT2D eigenvalue weighted by Crippen LogP contribution is -2.53. The van der Waals surface area contributed by atoms with E-state index in [2.05, 4.69) is 15.6 Å². The molecular weight excluding hydrogens is 470 g/mol. The SMILES string of the molecule is COC(=O)c1cc([C@H]2N[C@H](C(=O)N[C@@H](CCC(=O)O)C(=O)O)Cc3c2[nH]c2ccccc32)ccc1O. The zero-order valence-electron chi connectivity index (χ0n) is 19.3. The van der Waals surface area contributed by atoms with Crippen LogP contribution in [0.15, 0.2) is 42.5 Å². The van der Waals surface area contributed by atoms with Gasteiger partial charge in [0.25, 0.3) is 0 Å². The number of carbonyl (C=O) groups excluding carboxylic acids is 2. The Hall–Kier alpha value is -4.38. The van der Waals surface area contributed by atoms with E-state index in [1.165, 1.54) is 19.2 Å². The van der Waals surface area contributed by atoms with Gasteiger partial charge in [0, 0.05) is 23.0 Å². The third-order valence-corrected chi connectivity index (χ3v) is 6.25. The van der Waals surface area contributed by atoms with E-state index in [1.54, 1.807) is 6.07 Å². The number of phenolic OH excluding ortho intramolecular Hbond substituents is 1. The number of nitrogens with one attached hydrogen (secondary N) is 3. The second kappa shape index (κ2) is 10.1. The van der Waals surface area contributed by atoms with Crippen LogP contribution in [0.1, 0.15) is 46.1 Å². The molecule has 0 bridgehead atoms. The molecule has 0 fully saturated rings. The number of aromatic hydroxyl groups is 1. The van der Waals surface area contributed by atoms with Gasteiger partial charge in [0.05, 0.1) is 19.2 Å². The number of fused-ring (bicyclic) bond motifs is 3. The summed E-state index contributed by atoms with van der Waals surface area (Å²) < 4.78 is 4.75. The van der Waals surface area contributed by atoms with Crippen LogP contribution < -0.4 is 10.6 Å². The third kappa shape index (κ3) is 4.86. The van der Waals surface area contributed by atoms with Gasteiger partial charge in [0.15, 0.2) is 0 Å². The van der Waals surface area contributed by atoms with Crippen LogP contribution >= 0.6 is 0 Å². The molecule has 1 amide bonds. The molecule has 0 saturated heterocycles. The van der Waals surface area contributed by atoms with E-state index in [0.717, 1.165) is 22.2 Å². The van der Waals surface area contributed by atoms with Crippen LogP contribution in [0.5, 0.6) is 5.75 Å². The summed E-state index contributed by atoms with van der Waals surface area (Å²) >= 11 is 0. The van der Waals surface area contributed by atoms with Crippen molar-refractivity contribution in [2.75, 3.05) is 7.11 Å². The number of aromatic amines is 1. The van der Waals surface area contributed by atoms with E-state index in [0.29, 0.717) is 5.56 Å². The zero-order valence-corrected chi connectivity index (χ0v) is 19.3. The van der Waals surface area contributed by atoms with Crippen molar-refractivity contribution in [3.05, 3.63) is 64.8 Å². The predicted octanol–water partition coefficient (Wildman–Crippen LogP) is 1.70. The number of benzene rings is 2. The minimum Gasteiger partial charge on any atom is -0.507 e. The van der Waals surface area contributed by atoms with Crippen LogP contribution in [-0.4, -0.2) is 63.3 Å². The summed E-state index contributed by atoms with van der Waals surface area (Å²) in [6.45, 7) is 0. The molecule has 0 spiro atoms. The van der Waals surface area contributed by atoms with Gasteiger partial charge in [-0.05, 0) is 42.2 Å². The quantitative estimate of drug-likeness (QED) is 0.254. The standard InChI is InChI=1S/C25H25N3O8/c1-36-25(35)15-10-12(6-8-19(15)29)21-22-14(13-4-2-3-5-16(13)26-22)11-18(27-21)23(32)28-17(24(33)34)7-9-20(30)31/h2-6,8,10,17-18,21,26-27,29H,7,9,11H2,1H3,(H,28,32)(H,30,31)(H,33,34)/t17-,18-,21+/m0/s1. The van der Waals surface area contributed by atoms with Gasteiger partial charge in [0.1, 0.15) is 17.4 Å². The van der Waals surface area contributed by atoms with E-state index in [1.807, 2.05) is 24.3 Å². The Morgan fingerprint density at radius 1 is 1.14 bits per heavy atom. The molecule has 0 saturated carbocycles. The van der Waals surface area contributed by atoms with Gasteiger partial charge in [-0.25, -0.2) is 9.59 Å². The average Bonchev–Trinajstić information content (AvgIpc) is 3.24. The first kappa shape index (κ1) is 24.7. The average molecular weight is 495 g/mol. The molecular formula is C25H25N3O8. The first-order chi connectivity index (χ1) is 17.2. The van der Waals surface area contributed by atoms with Crippen molar-refractivity contribution in [2.24, 2.45) is 0 Å². The van der Waals surface area contributed by atoms with Crippen molar-refractivity contribution in [1.82, 2.24) is 15.6 Å². The number of hydrogen-bond acceptors (Lipinski definition) is 7. The lowest BCUT2D eigenvalue weighted by molar-refractivity contribution is -0.143. The second-order valence-electron chi connectivity index (χ2n) is 8.52. The number of hydrogen-bond donors (Lipinski definition) is 6. The molecule has 3 atom stereocenters. The summed E-state index contributed by atoms with van der Waals surface area (Å²) in [5, 5.41) is 35.0. The lowest BCUT2D eigenvalue weighted by Gasteiger charge is -2.32. The number of ether oxygens (including phenoxy) is 1. The fraction of sp³-hybridized carbons (Fsp3) is 0.280. The number of carbonyl (C=O) groups is 4. The summed E-state index contributed by atoms with van der Waals surface area (Å²) in [4.78, 5) is 51.2. The number of carboxylic acid groups (broad SMARTS) is 2. The summed E-state index contributed by atoms with van der Waals surface area (Å²) in [7, 11) is 1.20. The maximum absolute atomic E-state index is 13.2. The topological polar surface area (TPSA) is 178 Å². The van der Waals surface area contributed by atoms with E-state index in [9.17, 15) is 29.4 Å². The van der Waals surface area contributed by atoms with Crippen molar-refractivity contribution < 1.29 is 39.2 Å². The molecule has 0 unspecified atom stereocenters. The Labute approximate surface area is 205 Å². The van der Waals surface area contributed by atoms with Crippen LogP contribution in [0, 0.1) is 0 Å². The van der Waals surface area contributed by atoms with E-state index < -0.39 is 48.4 Å². The Kier molecular flexibility index (Phi) is 6.93. The first-order valence-corrected chi connectivity index (χ1v) is 11.2. The number of amides is 1. The number of phenols is 1. The molecule has 0 aliphatic carbocycles. The Bertz CT molecular complexity index is 1350. The number of para-hydroxylation sites is 1. The summed E-state index contributed by atoms with van der Waals surface area (Å²) in [6, 6.07) is 9.15. The van der Waals surface area contributed by atoms with Gasteiger partial charge in [-0.2, -0.15) is 0 Å². The number of esters is 1. The van der Waals surface area contributed by atoms with Crippen LogP contribution in [-0.2, 0) is 25.5 Å². The molecule has 11 heteroatoms. The van der Waals surface area contributed by atoms with Crippen molar-refractivity contribution in [3.8, 4) is 5.75 Å². The van der Waals surface area contributed by atoms with Crippen LogP contribution in [0.2, 0.25) is 0 Å². The van der Waals surface area contributed by atoms with Crippen LogP contribution in [0.4, 0.5) is 0 Å². The van der Waals surface area contributed by atoms with Crippen LogP contribution in [0.3, 0.4) is 0 Å². The second-order valence-corrected chi connectivity index (χ2v) is 8.52. The van der Waals surface area contributed by atoms with Gasteiger partial charge in [-0.15, -0.1) is 0 Å². The first-order valence-electron chi connectivity index (χ1n) is 11.2. The Balaban J connectivity index is 1.71. The number of carboxylic acids is 2. The summed E-state index contributed by atoms with van der Waals surface area (Å²) in [5.41, 5.74) is 2.98. The highest BCUT2D eigenvalue weighted by molar-refractivity contribution is 5.93. The maximum Gasteiger partial charge on any atom is 0.341 e. The number of methoxy groups -OCH3 is 1. The molecule has 36 heavy (non-hydrogen) atoms. The van der Waals surface area contributed by atoms with Gasteiger partial charge in [0.2, 0.25) is 5.91 Å². The smallest absolute Gasteiger partial charge is 0.341 e. The number of rotatable bonds is 8. The molecule has 188 valence electrons. The largest absolute Gasteiger partial charge is 0.507 e. The third-order valence-electron chi connectivity index (χ3n) is 6.25. The van der Waals surface area contributed by atoms with Crippen LogP contribution in [0.25, 0.3) is 10.9 Å². The molecule has 2 heterocycles. The molecule has 4 rings (SSSR count). The molecule has 0 radical (unpaired) electrons. The number of H-pyrrole nitrogens is 1. The molecule has 11 nitrogen and oxygen atoms in total. The summed E-state index contributed by atoms with van der Waals surface area (Å²) in [6.07, 6.45) is -0.422. The number of aliphatic carboxylic acids is 2. The van der Waals surface area contributed by atoms with E-state index >= 15 is 0 Å². The molecule has 6 N–H and O–H groups in total. The molecule has 1 aromatic heterocycles. The molecule has 2 aromatic carbocycles. The number of aromatic nitrogens is 1. The zero-order chi connectivity index (χ0) is 26.0. The molecule has 1 aliphatic heterocycles. The van der Waals surface area contributed by atoms with Gasteiger partial charge >= 0.3 is 17.9 Å². The van der Waals surface area contributed by atoms with Crippen molar-refractivity contribution in [3.63, 3.8) is 0 Å². The fourth-order valence-corrected chi connectivity index (χ4v) is 4.47. The Morgan fingerprint density at radius 3 is 2.58 bits per heavy atom. The van der Waals surface area contributed by atoms with Gasteiger partial charge < -0.3 is 30.4 Å².